The maximum absolute atomic E-state index is 13.2. The largest absolute Gasteiger partial charge is 0.355 e. The number of amides is 2. The molecule has 2 amide bonds. The molecule has 1 heterocycles. The molecule has 6 heteroatoms. The Morgan fingerprint density at radius 1 is 1.10 bits per heavy atom. The van der Waals surface area contributed by atoms with Crippen LogP contribution in [0.25, 0.3) is 6.08 Å². The van der Waals surface area contributed by atoms with Crippen LogP contribution in [0.4, 0.5) is 5.69 Å². The summed E-state index contributed by atoms with van der Waals surface area (Å²) in [6, 6.07) is 15.8. The van der Waals surface area contributed by atoms with Crippen molar-refractivity contribution in [3.63, 3.8) is 0 Å². The van der Waals surface area contributed by atoms with Gasteiger partial charge in [0.05, 0.1) is 10.6 Å². The topological polar surface area (TPSA) is 52.7 Å². The number of thioether (sulfide) groups is 1. The number of hydrogen-bond donors (Lipinski definition) is 1. The van der Waals surface area contributed by atoms with Crippen molar-refractivity contribution < 1.29 is 9.59 Å². The zero-order valence-corrected chi connectivity index (χ0v) is 19.4. The Bertz CT molecular complexity index is 936. The minimum absolute atomic E-state index is 0.0207. The van der Waals surface area contributed by atoms with Crippen molar-refractivity contribution in [1.82, 2.24) is 10.2 Å². The van der Waals surface area contributed by atoms with E-state index in [9.17, 15) is 9.59 Å². The Labute approximate surface area is 189 Å². The van der Waals surface area contributed by atoms with Crippen molar-refractivity contribution in [3.8, 4) is 0 Å². The lowest BCUT2D eigenvalue weighted by Crippen LogP contribution is -2.43. The van der Waals surface area contributed by atoms with Gasteiger partial charge in [-0.25, -0.2) is 0 Å². The van der Waals surface area contributed by atoms with Crippen LogP contribution in [-0.4, -0.2) is 49.4 Å². The Hall–Kier alpha value is -2.57. The third kappa shape index (κ3) is 6.21. The average Bonchev–Trinajstić information content (AvgIpc) is 2.78. The van der Waals surface area contributed by atoms with Gasteiger partial charge in [-0.2, -0.15) is 0 Å². The molecule has 3 rings (SSSR count). The molecule has 0 aliphatic carbocycles. The molecule has 1 aliphatic heterocycles. The molecule has 2 aromatic rings. The number of rotatable bonds is 9. The number of nitrogens with one attached hydrogen (secondary N) is 1. The summed E-state index contributed by atoms with van der Waals surface area (Å²) in [6.07, 6.45) is 2.80. The van der Waals surface area contributed by atoms with Gasteiger partial charge in [-0.3, -0.25) is 14.5 Å². The molecular weight excluding hydrogens is 406 g/mol. The molecule has 31 heavy (non-hydrogen) atoms. The van der Waals surface area contributed by atoms with Crippen molar-refractivity contribution in [1.29, 1.82) is 0 Å². The van der Waals surface area contributed by atoms with Crippen LogP contribution in [0.2, 0.25) is 0 Å². The zero-order valence-electron chi connectivity index (χ0n) is 18.6. The lowest BCUT2D eigenvalue weighted by Gasteiger charge is -2.30. The average molecular weight is 438 g/mol. The molecule has 164 valence electrons. The van der Waals surface area contributed by atoms with E-state index < -0.39 is 0 Å². The van der Waals surface area contributed by atoms with Gasteiger partial charge in [0.1, 0.15) is 6.54 Å². The number of anilines is 1. The quantitative estimate of drug-likeness (QED) is 0.469. The summed E-state index contributed by atoms with van der Waals surface area (Å²) in [4.78, 5) is 31.4. The van der Waals surface area contributed by atoms with Gasteiger partial charge in [0.25, 0.3) is 5.91 Å². The summed E-state index contributed by atoms with van der Waals surface area (Å²) < 4.78 is 0. The van der Waals surface area contributed by atoms with Gasteiger partial charge < -0.3 is 10.2 Å². The fourth-order valence-corrected chi connectivity index (χ4v) is 4.56. The van der Waals surface area contributed by atoms with Crippen LogP contribution in [-0.2, 0) is 9.59 Å². The van der Waals surface area contributed by atoms with Gasteiger partial charge >= 0.3 is 0 Å². The summed E-state index contributed by atoms with van der Waals surface area (Å²) in [6.45, 7) is 9.93. The monoisotopic (exact) mass is 437 g/mol. The second kappa shape index (κ2) is 11.2. The number of nitrogens with zero attached hydrogens (tertiary/aromatic N) is 2. The van der Waals surface area contributed by atoms with Gasteiger partial charge in [0.15, 0.2) is 0 Å². The van der Waals surface area contributed by atoms with Gasteiger partial charge in [0, 0.05) is 11.4 Å². The Morgan fingerprint density at radius 2 is 1.81 bits per heavy atom. The van der Waals surface area contributed by atoms with E-state index in [2.05, 4.69) is 24.1 Å². The second-order valence-electron chi connectivity index (χ2n) is 7.61. The first-order chi connectivity index (χ1) is 15.0. The summed E-state index contributed by atoms with van der Waals surface area (Å²) in [5, 5.41) is 2.97. The Balaban J connectivity index is 1.70. The number of fused-ring (bicyclic) bond motifs is 1. The zero-order chi connectivity index (χ0) is 22.2. The highest BCUT2D eigenvalue weighted by atomic mass is 32.2. The van der Waals surface area contributed by atoms with Crippen molar-refractivity contribution >= 4 is 35.3 Å². The van der Waals surface area contributed by atoms with E-state index in [1.807, 2.05) is 61.5 Å². The SMILES string of the molecule is CCN(CC)CCCNC(=O)CN1C(=O)C(=Cc2ccc(C)cc2)Sc2ccccc21. The van der Waals surface area contributed by atoms with Crippen LogP contribution in [0.1, 0.15) is 31.4 Å². The minimum atomic E-state index is -0.137. The molecule has 1 aliphatic rings. The second-order valence-corrected chi connectivity index (χ2v) is 8.69. The van der Waals surface area contributed by atoms with Gasteiger partial charge in [-0.05, 0) is 56.8 Å². The predicted octanol–water partition coefficient (Wildman–Crippen LogP) is 4.32. The molecule has 1 N–H and O–H groups in total. The molecule has 0 bridgehead atoms. The van der Waals surface area contributed by atoms with Crippen LogP contribution in [0.15, 0.2) is 58.3 Å². The maximum atomic E-state index is 13.2. The summed E-state index contributed by atoms with van der Waals surface area (Å²) in [5.74, 6) is -0.271. The van der Waals surface area contributed by atoms with Crippen molar-refractivity contribution in [2.24, 2.45) is 0 Å². The number of benzene rings is 2. The Kier molecular flexibility index (Phi) is 8.32. The fourth-order valence-electron chi connectivity index (χ4n) is 3.50. The van der Waals surface area contributed by atoms with E-state index >= 15 is 0 Å². The van der Waals surface area contributed by atoms with Gasteiger partial charge in [0.2, 0.25) is 5.91 Å². The molecule has 0 aromatic heterocycles. The molecule has 2 aromatic carbocycles. The molecule has 0 radical (unpaired) electrons. The number of carbonyl (C=O) groups excluding carboxylic acids is 2. The van der Waals surface area contributed by atoms with E-state index in [-0.39, 0.29) is 18.4 Å². The molecule has 0 atom stereocenters. The van der Waals surface area contributed by atoms with Crippen molar-refractivity contribution in [2.75, 3.05) is 37.6 Å². The van der Waals surface area contributed by atoms with E-state index in [4.69, 9.17) is 0 Å². The number of para-hydroxylation sites is 1. The first-order valence-corrected chi connectivity index (χ1v) is 11.7. The van der Waals surface area contributed by atoms with E-state index in [1.165, 1.54) is 17.3 Å². The van der Waals surface area contributed by atoms with Gasteiger partial charge in [-0.1, -0.05) is 67.6 Å². The summed E-state index contributed by atoms with van der Waals surface area (Å²) >= 11 is 1.46. The van der Waals surface area contributed by atoms with E-state index in [0.29, 0.717) is 11.4 Å². The molecule has 0 spiro atoms. The normalized spacial score (nSPS) is 14.8. The number of hydrogen-bond acceptors (Lipinski definition) is 4. The molecule has 5 nitrogen and oxygen atoms in total. The smallest absolute Gasteiger partial charge is 0.265 e. The lowest BCUT2D eigenvalue weighted by molar-refractivity contribution is -0.122. The van der Waals surface area contributed by atoms with Crippen LogP contribution < -0.4 is 10.2 Å². The van der Waals surface area contributed by atoms with E-state index in [1.54, 1.807) is 4.90 Å². The maximum Gasteiger partial charge on any atom is 0.265 e. The standard InChI is InChI=1S/C25H31N3O2S/c1-4-27(5-2)16-8-15-26-24(29)18-28-21-9-6-7-10-22(21)31-23(25(28)30)17-20-13-11-19(3)12-14-20/h6-7,9-14,17H,4-5,8,15-16,18H2,1-3H3,(H,26,29). The van der Waals surface area contributed by atoms with Crippen LogP contribution in [0, 0.1) is 6.92 Å². The molecule has 0 unspecified atom stereocenters. The van der Waals surface area contributed by atoms with Crippen molar-refractivity contribution in [2.45, 2.75) is 32.1 Å². The fraction of sp³-hybridized carbons (Fsp3) is 0.360. The van der Waals surface area contributed by atoms with Crippen LogP contribution in [0.5, 0.6) is 0 Å². The highest BCUT2D eigenvalue weighted by Gasteiger charge is 2.30. The van der Waals surface area contributed by atoms with E-state index in [0.717, 1.165) is 42.2 Å². The van der Waals surface area contributed by atoms with Crippen molar-refractivity contribution in [3.05, 3.63) is 64.6 Å². The van der Waals surface area contributed by atoms with Crippen LogP contribution in [0.3, 0.4) is 0 Å². The highest BCUT2D eigenvalue weighted by molar-refractivity contribution is 8.04. The third-order valence-electron chi connectivity index (χ3n) is 5.38. The highest BCUT2D eigenvalue weighted by Crippen LogP contribution is 2.41. The van der Waals surface area contributed by atoms with Crippen LogP contribution >= 0.6 is 11.8 Å². The minimum Gasteiger partial charge on any atom is -0.355 e. The summed E-state index contributed by atoms with van der Waals surface area (Å²) in [7, 11) is 0. The molecule has 0 saturated heterocycles. The third-order valence-corrected chi connectivity index (χ3v) is 6.45. The molecule has 0 fully saturated rings. The Morgan fingerprint density at radius 3 is 2.52 bits per heavy atom. The summed E-state index contributed by atoms with van der Waals surface area (Å²) in [5.41, 5.74) is 2.94. The molecule has 0 saturated carbocycles. The lowest BCUT2D eigenvalue weighted by atomic mass is 10.1. The first-order valence-electron chi connectivity index (χ1n) is 10.9. The number of aryl methyl sites for hydroxylation is 1. The number of carbonyl (C=O) groups is 2. The molecular formula is C25H31N3O2S. The van der Waals surface area contributed by atoms with Gasteiger partial charge in [-0.15, -0.1) is 0 Å². The first kappa shape index (κ1) is 23.1. The predicted molar refractivity (Wildman–Crippen MR) is 129 cm³/mol.